The number of alkyl halides is 1. The van der Waals surface area contributed by atoms with Crippen LogP contribution in [0.5, 0.6) is 6.01 Å². The van der Waals surface area contributed by atoms with Crippen LogP contribution in [0.25, 0.3) is 0 Å². The Balaban J connectivity index is 1.11. The maximum atomic E-state index is 14.7. The van der Waals surface area contributed by atoms with Crippen molar-refractivity contribution >= 4 is 11.5 Å². The lowest BCUT2D eigenvalue weighted by molar-refractivity contribution is -0.148. The number of rotatable bonds is 9. The average Bonchev–Trinajstić information content (AvgIpc) is 3.59. The van der Waals surface area contributed by atoms with E-state index < -0.39 is 11.8 Å². The van der Waals surface area contributed by atoms with Gasteiger partial charge in [-0.1, -0.05) is 66.7 Å². The van der Waals surface area contributed by atoms with E-state index in [9.17, 15) is 9.65 Å². The van der Waals surface area contributed by atoms with E-state index in [1.165, 1.54) is 0 Å². The first kappa shape index (κ1) is 36.1. The van der Waals surface area contributed by atoms with Gasteiger partial charge in [-0.25, -0.2) is 4.39 Å². The molecule has 6 heterocycles. The van der Waals surface area contributed by atoms with Gasteiger partial charge in [0.05, 0.1) is 48.4 Å². The second-order valence-electron chi connectivity index (χ2n) is 15.8. The lowest BCUT2D eigenvalue weighted by Gasteiger charge is -2.45. The third-order valence-electron chi connectivity index (χ3n) is 12.3. The smallest absolute Gasteiger partial charge is 0.318 e. The van der Waals surface area contributed by atoms with E-state index in [4.69, 9.17) is 28.9 Å². The van der Waals surface area contributed by atoms with E-state index in [0.717, 1.165) is 77.4 Å². The normalized spacial score (nSPS) is 26.2. The van der Waals surface area contributed by atoms with Crippen LogP contribution in [0.15, 0.2) is 72.8 Å². The molecule has 0 saturated carbocycles. The van der Waals surface area contributed by atoms with Crippen LogP contribution >= 0.6 is 0 Å². The highest BCUT2D eigenvalue weighted by atomic mass is 19.1. The highest BCUT2D eigenvalue weighted by Crippen LogP contribution is 2.49. The van der Waals surface area contributed by atoms with Crippen LogP contribution in [-0.2, 0) is 45.9 Å². The van der Waals surface area contributed by atoms with Gasteiger partial charge in [0.25, 0.3) is 0 Å². The monoisotopic (exact) mass is 744 g/mol. The van der Waals surface area contributed by atoms with Crippen LogP contribution < -0.4 is 14.5 Å². The van der Waals surface area contributed by atoms with E-state index in [0.29, 0.717) is 70.4 Å². The molecule has 55 heavy (non-hydrogen) atoms. The number of nitriles is 1. The van der Waals surface area contributed by atoms with E-state index in [2.05, 4.69) is 81.4 Å². The van der Waals surface area contributed by atoms with E-state index >= 15 is 0 Å². The van der Waals surface area contributed by atoms with Gasteiger partial charge in [0.1, 0.15) is 30.3 Å². The van der Waals surface area contributed by atoms with Crippen LogP contribution in [0.2, 0.25) is 0 Å². The van der Waals surface area contributed by atoms with Crippen molar-refractivity contribution in [3.8, 4) is 12.1 Å². The van der Waals surface area contributed by atoms with Crippen molar-refractivity contribution in [1.82, 2.24) is 14.9 Å². The Kier molecular flexibility index (Phi) is 9.93. The molecule has 9 rings (SSSR count). The van der Waals surface area contributed by atoms with Crippen molar-refractivity contribution in [3.63, 3.8) is 0 Å². The van der Waals surface area contributed by atoms with Crippen LogP contribution in [-0.4, -0.2) is 79.2 Å². The maximum absolute atomic E-state index is 14.7. The first-order valence-corrected chi connectivity index (χ1v) is 19.8. The zero-order chi connectivity index (χ0) is 37.4. The first-order valence-electron chi connectivity index (χ1n) is 19.8. The van der Waals surface area contributed by atoms with Crippen LogP contribution in [0.1, 0.15) is 77.8 Å². The summed E-state index contributed by atoms with van der Waals surface area (Å²) in [6.07, 6.45) is 2.62. The van der Waals surface area contributed by atoms with Gasteiger partial charge in [-0.2, -0.15) is 15.2 Å². The number of benzene rings is 3. The molecule has 0 amide bonds. The number of fused-ring (bicyclic) bond motifs is 4. The van der Waals surface area contributed by atoms with Gasteiger partial charge in [0.15, 0.2) is 0 Å². The molecule has 3 aromatic carbocycles. The fourth-order valence-electron chi connectivity index (χ4n) is 9.58. The molecule has 0 N–H and O–H groups in total. The molecular weight excluding hydrogens is 696 g/mol. The molecule has 3 fully saturated rings. The summed E-state index contributed by atoms with van der Waals surface area (Å²) < 4.78 is 40.5. The molecule has 0 radical (unpaired) electrons. The average molecular weight is 745 g/mol. The third-order valence-corrected chi connectivity index (χ3v) is 12.3. The topological polar surface area (TPSA) is 96.2 Å². The van der Waals surface area contributed by atoms with Crippen LogP contribution in [0, 0.1) is 11.3 Å². The fraction of sp³-hybridized carbons (Fsp3) is 0.477. The molecule has 0 bridgehead atoms. The zero-order valence-electron chi connectivity index (χ0n) is 31.6. The molecular formula is C44H49FN6O4. The Morgan fingerprint density at radius 2 is 1.75 bits per heavy atom. The molecule has 0 unspecified atom stereocenters. The van der Waals surface area contributed by atoms with Gasteiger partial charge in [-0.05, 0) is 55.5 Å². The summed E-state index contributed by atoms with van der Waals surface area (Å²) in [6.45, 7) is 8.32. The maximum Gasteiger partial charge on any atom is 0.318 e. The summed E-state index contributed by atoms with van der Waals surface area (Å²) in [5.41, 5.74) is 6.06. The third kappa shape index (κ3) is 6.95. The molecule has 1 aromatic heterocycles. The lowest BCUT2D eigenvalue weighted by Crippen LogP contribution is -2.46. The highest BCUT2D eigenvalue weighted by molar-refractivity contribution is 5.67. The second kappa shape index (κ2) is 15.1. The molecule has 4 atom stereocenters. The molecule has 3 saturated heterocycles. The Bertz CT molecular complexity index is 2000. The van der Waals surface area contributed by atoms with Gasteiger partial charge >= 0.3 is 6.01 Å². The first-order chi connectivity index (χ1) is 26.9. The number of ether oxygens (including phenoxy) is 4. The predicted octanol–water partition coefficient (Wildman–Crippen LogP) is 6.80. The Labute approximate surface area is 322 Å². The van der Waals surface area contributed by atoms with E-state index in [1.54, 1.807) is 0 Å². The SMILES string of the molecule is C[C@@H]1OC[C@]2(Cc3nc(OC[C@@]45CCCN4C[C@H](F)C5)nc(N4CCCOCC4)c3CO2)c2c1ccc(N(Cc1ccccc1)Cc1ccccc1)c2C#N. The highest BCUT2D eigenvalue weighted by Gasteiger charge is 2.50. The Hall–Kier alpha value is -4.60. The molecule has 1 spiro atoms. The van der Waals surface area contributed by atoms with Crippen LogP contribution in [0.3, 0.4) is 0 Å². The zero-order valence-corrected chi connectivity index (χ0v) is 31.6. The molecule has 4 aromatic rings. The van der Waals surface area contributed by atoms with Gasteiger partial charge in [0, 0.05) is 63.3 Å². The summed E-state index contributed by atoms with van der Waals surface area (Å²) in [7, 11) is 0. The summed E-state index contributed by atoms with van der Waals surface area (Å²) in [5, 5.41) is 11.1. The number of halogens is 1. The standard InChI is InChI=1S/C44H49FN6O4/c1-31-35-14-15-39(50(25-32-10-4-2-5-11-32)26-33-12-6-3-7-13-33)36(24-46)40(35)44(30-53-31)23-38-37(28-55-44)41(49-17-9-20-52-21-19-49)48-42(47-38)54-29-43-16-8-18-51(43)27-34(45)22-43/h2-7,10-15,31,34H,8-9,16-23,25-30H2,1H3/t31-,34+,43-,44+/m0/s1. The quantitative estimate of drug-likeness (QED) is 0.182. The van der Waals surface area contributed by atoms with Gasteiger partial charge in [-0.3, -0.25) is 4.90 Å². The molecule has 5 aliphatic heterocycles. The minimum atomic E-state index is -0.959. The number of nitrogens with zero attached hydrogens (tertiary/aromatic N) is 6. The Morgan fingerprint density at radius 1 is 0.964 bits per heavy atom. The Morgan fingerprint density at radius 3 is 2.51 bits per heavy atom. The fourth-order valence-corrected chi connectivity index (χ4v) is 9.58. The van der Waals surface area contributed by atoms with Crippen molar-refractivity contribution in [2.45, 2.75) is 82.1 Å². The van der Waals surface area contributed by atoms with Crippen molar-refractivity contribution in [3.05, 3.63) is 112 Å². The number of anilines is 2. The summed E-state index contributed by atoms with van der Waals surface area (Å²) in [4.78, 5) is 17.0. The number of hydrogen-bond acceptors (Lipinski definition) is 10. The van der Waals surface area contributed by atoms with Crippen molar-refractivity contribution in [2.24, 2.45) is 0 Å². The van der Waals surface area contributed by atoms with Crippen molar-refractivity contribution in [2.75, 3.05) is 62.4 Å². The predicted molar refractivity (Wildman–Crippen MR) is 207 cm³/mol. The van der Waals surface area contributed by atoms with E-state index in [-0.39, 0.29) is 24.9 Å². The van der Waals surface area contributed by atoms with Gasteiger partial charge < -0.3 is 28.7 Å². The molecule has 5 aliphatic rings. The lowest BCUT2D eigenvalue weighted by atomic mass is 9.77. The summed E-state index contributed by atoms with van der Waals surface area (Å²) in [6, 6.07) is 27.9. The largest absolute Gasteiger partial charge is 0.461 e. The van der Waals surface area contributed by atoms with Gasteiger partial charge in [-0.15, -0.1) is 0 Å². The molecule has 10 nitrogen and oxygen atoms in total. The van der Waals surface area contributed by atoms with Crippen molar-refractivity contribution < 1.29 is 23.3 Å². The molecule has 0 aliphatic carbocycles. The minimum Gasteiger partial charge on any atom is -0.461 e. The van der Waals surface area contributed by atoms with E-state index in [1.807, 2.05) is 19.1 Å². The summed E-state index contributed by atoms with van der Waals surface area (Å²) >= 11 is 0. The molecule has 286 valence electrons. The molecule has 11 heteroatoms. The van der Waals surface area contributed by atoms with Gasteiger partial charge in [0.2, 0.25) is 0 Å². The summed E-state index contributed by atoms with van der Waals surface area (Å²) in [5.74, 6) is 0.799. The van der Waals surface area contributed by atoms with Crippen LogP contribution in [0.4, 0.5) is 15.9 Å². The minimum absolute atomic E-state index is 0.222. The second-order valence-corrected chi connectivity index (χ2v) is 15.8. The number of aromatic nitrogens is 2. The number of hydrogen-bond donors (Lipinski definition) is 0. The van der Waals surface area contributed by atoms with Crippen molar-refractivity contribution in [1.29, 1.82) is 5.26 Å².